The van der Waals surface area contributed by atoms with Gasteiger partial charge in [0.15, 0.2) is 0 Å². The van der Waals surface area contributed by atoms with E-state index in [4.69, 9.17) is 4.52 Å². The number of carbonyl (C=O) groups is 1. The van der Waals surface area contributed by atoms with Crippen LogP contribution in [0, 0.1) is 0 Å². The molecule has 3 aromatic rings. The van der Waals surface area contributed by atoms with E-state index in [-0.39, 0.29) is 5.91 Å². The van der Waals surface area contributed by atoms with Crippen LogP contribution in [-0.4, -0.2) is 11.1 Å². The molecule has 21 heavy (non-hydrogen) atoms. The number of halogens is 1. The van der Waals surface area contributed by atoms with E-state index in [0.717, 1.165) is 10.0 Å². The van der Waals surface area contributed by atoms with Crippen LogP contribution in [0.5, 0.6) is 0 Å². The van der Waals surface area contributed by atoms with E-state index in [1.54, 1.807) is 0 Å². The molecule has 1 amide bonds. The number of aromatic nitrogens is 1. The van der Waals surface area contributed by atoms with Crippen molar-refractivity contribution in [2.75, 3.05) is 5.32 Å². The van der Waals surface area contributed by atoms with Gasteiger partial charge in [0.25, 0.3) is 5.91 Å². The second kappa shape index (κ2) is 5.93. The van der Waals surface area contributed by atoms with Gasteiger partial charge in [0.2, 0.25) is 0 Å². The molecule has 0 aliphatic rings. The van der Waals surface area contributed by atoms with Crippen molar-refractivity contribution in [2.45, 2.75) is 0 Å². The zero-order valence-corrected chi connectivity index (χ0v) is 12.5. The van der Waals surface area contributed by atoms with E-state index in [1.165, 1.54) is 6.26 Å². The first kappa shape index (κ1) is 13.6. The van der Waals surface area contributed by atoms with Gasteiger partial charge in [-0.3, -0.25) is 4.79 Å². The molecule has 3 rings (SSSR count). The zero-order chi connectivity index (χ0) is 14.7. The fourth-order valence-electron chi connectivity index (χ4n) is 1.97. The first-order valence-electron chi connectivity index (χ1n) is 6.31. The van der Waals surface area contributed by atoms with Gasteiger partial charge in [-0.05, 0) is 18.2 Å². The highest BCUT2D eigenvalue weighted by molar-refractivity contribution is 9.10. The van der Waals surface area contributed by atoms with Gasteiger partial charge in [-0.2, -0.15) is 0 Å². The Morgan fingerprint density at radius 2 is 1.90 bits per heavy atom. The second-order valence-electron chi connectivity index (χ2n) is 4.41. The third kappa shape index (κ3) is 3.03. The lowest BCUT2D eigenvalue weighted by atomic mass is 10.1. The van der Waals surface area contributed by atoms with Crippen LogP contribution in [0.15, 0.2) is 69.9 Å². The van der Waals surface area contributed by atoms with Crippen LogP contribution in [-0.2, 0) is 0 Å². The van der Waals surface area contributed by atoms with E-state index < -0.39 is 0 Å². The average Bonchev–Trinajstić information content (AvgIpc) is 2.98. The number of amides is 1. The zero-order valence-electron chi connectivity index (χ0n) is 10.9. The summed E-state index contributed by atoms with van der Waals surface area (Å²) < 4.78 is 5.86. The smallest absolute Gasteiger partial charge is 0.261 e. The van der Waals surface area contributed by atoms with Crippen LogP contribution in [0.25, 0.3) is 11.3 Å². The Kier molecular flexibility index (Phi) is 3.83. The predicted octanol–water partition coefficient (Wildman–Crippen LogP) is 4.36. The van der Waals surface area contributed by atoms with Crippen molar-refractivity contribution in [2.24, 2.45) is 0 Å². The summed E-state index contributed by atoms with van der Waals surface area (Å²) in [5, 5.41) is 6.75. The van der Waals surface area contributed by atoms with Crippen molar-refractivity contribution in [3.8, 4) is 11.3 Å². The molecule has 1 N–H and O–H groups in total. The van der Waals surface area contributed by atoms with Gasteiger partial charge in [0, 0.05) is 15.7 Å². The van der Waals surface area contributed by atoms with Gasteiger partial charge in [-0.25, -0.2) is 0 Å². The second-order valence-corrected chi connectivity index (χ2v) is 5.32. The summed E-state index contributed by atoms with van der Waals surface area (Å²) in [5.74, 6) is -0.256. The highest BCUT2D eigenvalue weighted by Crippen LogP contribution is 2.23. The Hall–Kier alpha value is -2.40. The molecule has 0 unspecified atom stereocenters. The van der Waals surface area contributed by atoms with E-state index in [1.807, 2.05) is 54.6 Å². The minimum atomic E-state index is -0.256. The Balaban J connectivity index is 1.88. The number of nitrogens with zero attached hydrogens (tertiary/aromatic N) is 1. The van der Waals surface area contributed by atoms with Crippen molar-refractivity contribution in [1.29, 1.82) is 0 Å². The van der Waals surface area contributed by atoms with Crippen LogP contribution >= 0.6 is 15.9 Å². The van der Waals surface area contributed by atoms with Gasteiger partial charge >= 0.3 is 0 Å². The normalized spacial score (nSPS) is 10.3. The van der Waals surface area contributed by atoms with Gasteiger partial charge in [0.1, 0.15) is 17.5 Å². The molecule has 1 aromatic heterocycles. The summed E-state index contributed by atoms with van der Waals surface area (Å²) in [5.41, 5.74) is 2.48. The maximum absolute atomic E-state index is 12.4. The van der Waals surface area contributed by atoms with Crippen molar-refractivity contribution < 1.29 is 9.32 Å². The molecular weight excluding hydrogens is 332 g/mol. The van der Waals surface area contributed by atoms with Crippen molar-refractivity contribution >= 4 is 27.5 Å². The molecule has 0 saturated carbocycles. The van der Waals surface area contributed by atoms with Gasteiger partial charge in [-0.1, -0.05) is 57.5 Å². The third-order valence-corrected chi connectivity index (χ3v) is 3.44. The summed E-state index contributed by atoms with van der Waals surface area (Å²) in [6.07, 6.45) is 1.36. The topological polar surface area (TPSA) is 55.1 Å². The van der Waals surface area contributed by atoms with Gasteiger partial charge in [-0.15, -0.1) is 0 Å². The SMILES string of the molecule is O=C(Nc1cccc(Br)c1)c1conc1-c1ccccc1. The lowest BCUT2D eigenvalue weighted by molar-refractivity contribution is 0.102. The molecule has 0 aliphatic heterocycles. The monoisotopic (exact) mass is 342 g/mol. The maximum atomic E-state index is 12.4. The first-order chi connectivity index (χ1) is 10.2. The van der Waals surface area contributed by atoms with Crippen LogP contribution < -0.4 is 5.32 Å². The Bertz CT molecular complexity index is 769. The molecule has 1 heterocycles. The molecule has 0 spiro atoms. The molecule has 0 atom stereocenters. The van der Waals surface area contributed by atoms with Crippen LogP contribution in [0.3, 0.4) is 0 Å². The van der Waals surface area contributed by atoms with Gasteiger partial charge in [0.05, 0.1) is 0 Å². The molecule has 0 saturated heterocycles. The molecule has 5 heteroatoms. The minimum absolute atomic E-state index is 0.256. The summed E-state index contributed by atoms with van der Waals surface area (Å²) in [6, 6.07) is 16.8. The average molecular weight is 343 g/mol. The third-order valence-electron chi connectivity index (χ3n) is 2.94. The standard InChI is InChI=1S/C16H11BrN2O2/c17-12-7-4-8-13(9-12)18-16(20)14-10-21-19-15(14)11-5-2-1-3-6-11/h1-10H,(H,18,20). The van der Waals surface area contributed by atoms with Crippen molar-refractivity contribution in [1.82, 2.24) is 5.16 Å². The summed E-state index contributed by atoms with van der Waals surface area (Å²) in [6.45, 7) is 0. The maximum Gasteiger partial charge on any atom is 0.261 e. The van der Waals surface area contributed by atoms with Crippen LogP contribution in [0.4, 0.5) is 5.69 Å². The first-order valence-corrected chi connectivity index (χ1v) is 7.10. The lowest BCUT2D eigenvalue weighted by Crippen LogP contribution is -2.12. The Morgan fingerprint density at radius 1 is 1.10 bits per heavy atom. The predicted molar refractivity (Wildman–Crippen MR) is 84.0 cm³/mol. The quantitative estimate of drug-likeness (QED) is 0.769. The van der Waals surface area contributed by atoms with E-state index in [9.17, 15) is 4.79 Å². The number of benzene rings is 2. The number of carbonyl (C=O) groups excluding carboxylic acids is 1. The van der Waals surface area contributed by atoms with Crippen molar-refractivity contribution in [3.63, 3.8) is 0 Å². The number of hydrogen-bond acceptors (Lipinski definition) is 3. The van der Waals surface area contributed by atoms with Gasteiger partial charge < -0.3 is 9.84 Å². The molecule has 0 fully saturated rings. The number of anilines is 1. The largest absolute Gasteiger partial charge is 0.363 e. The fraction of sp³-hybridized carbons (Fsp3) is 0. The molecular formula is C16H11BrN2O2. The Morgan fingerprint density at radius 3 is 2.67 bits per heavy atom. The lowest BCUT2D eigenvalue weighted by Gasteiger charge is -2.05. The molecule has 104 valence electrons. The summed E-state index contributed by atoms with van der Waals surface area (Å²) in [4.78, 5) is 12.4. The summed E-state index contributed by atoms with van der Waals surface area (Å²) in [7, 11) is 0. The van der Waals surface area contributed by atoms with E-state index in [0.29, 0.717) is 16.9 Å². The molecule has 4 nitrogen and oxygen atoms in total. The molecule has 0 radical (unpaired) electrons. The van der Waals surface area contributed by atoms with Crippen LogP contribution in [0.1, 0.15) is 10.4 Å². The van der Waals surface area contributed by atoms with Crippen molar-refractivity contribution in [3.05, 3.63) is 70.9 Å². The van der Waals surface area contributed by atoms with E-state index >= 15 is 0 Å². The fourth-order valence-corrected chi connectivity index (χ4v) is 2.37. The Labute approximate surface area is 129 Å². The number of rotatable bonds is 3. The van der Waals surface area contributed by atoms with Crippen LogP contribution in [0.2, 0.25) is 0 Å². The minimum Gasteiger partial charge on any atom is -0.363 e. The highest BCUT2D eigenvalue weighted by Gasteiger charge is 2.17. The summed E-state index contributed by atoms with van der Waals surface area (Å²) >= 11 is 3.37. The highest BCUT2D eigenvalue weighted by atomic mass is 79.9. The number of hydrogen-bond donors (Lipinski definition) is 1. The number of nitrogens with one attached hydrogen (secondary N) is 1. The molecule has 0 aliphatic carbocycles. The molecule has 0 bridgehead atoms. The molecule has 2 aromatic carbocycles. The van der Waals surface area contributed by atoms with E-state index in [2.05, 4.69) is 26.4 Å².